The third-order valence-corrected chi connectivity index (χ3v) is 1.90. The number of hydrogen-bond acceptors (Lipinski definition) is 3. The van der Waals surface area contributed by atoms with Crippen molar-refractivity contribution in [3.05, 3.63) is 24.3 Å². The molecule has 0 saturated heterocycles. The van der Waals surface area contributed by atoms with Crippen molar-refractivity contribution in [2.75, 3.05) is 11.9 Å². The lowest BCUT2D eigenvalue weighted by Crippen LogP contribution is -2.11. The van der Waals surface area contributed by atoms with Crippen LogP contribution in [0, 0.1) is 11.3 Å². The molecular weight excluding hydrogens is 188 g/mol. The molecule has 0 bridgehead atoms. The molecule has 15 heavy (non-hydrogen) atoms. The van der Waals surface area contributed by atoms with Crippen LogP contribution < -0.4 is 10.1 Å². The Hall–Kier alpha value is -1.69. The van der Waals surface area contributed by atoms with E-state index in [-0.39, 0.29) is 6.04 Å². The van der Waals surface area contributed by atoms with Gasteiger partial charge in [0.05, 0.1) is 12.7 Å². The summed E-state index contributed by atoms with van der Waals surface area (Å²) in [5.74, 6) is 0.868. The zero-order valence-corrected chi connectivity index (χ0v) is 9.16. The standard InChI is InChI=1S/C12H16N2O/c1-3-8-15-12-6-4-11(5-7-12)14-10(2)9-13/h4-7,10,14H,3,8H2,1-2H3. The van der Waals surface area contributed by atoms with E-state index in [0.717, 1.165) is 24.5 Å². The molecule has 0 amide bonds. The minimum atomic E-state index is -0.174. The molecule has 0 aromatic heterocycles. The average molecular weight is 204 g/mol. The Balaban J connectivity index is 2.53. The average Bonchev–Trinajstić information content (AvgIpc) is 2.28. The Kier molecular flexibility index (Phi) is 4.49. The summed E-state index contributed by atoms with van der Waals surface area (Å²) in [6.07, 6.45) is 1.01. The van der Waals surface area contributed by atoms with E-state index < -0.39 is 0 Å². The summed E-state index contributed by atoms with van der Waals surface area (Å²) in [6.45, 7) is 4.63. The highest BCUT2D eigenvalue weighted by Gasteiger charge is 1.99. The fraction of sp³-hybridized carbons (Fsp3) is 0.417. The van der Waals surface area contributed by atoms with Gasteiger partial charge in [0.1, 0.15) is 11.8 Å². The lowest BCUT2D eigenvalue weighted by molar-refractivity contribution is 0.317. The fourth-order valence-electron chi connectivity index (χ4n) is 1.15. The van der Waals surface area contributed by atoms with Gasteiger partial charge in [-0.3, -0.25) is 0 Å². The largest absolute Gasteiger partial charge is 0.494 e. The minimum absolute atomic E-state index is 0.174. The quantitative estimate of drug-likeness (QED) is 0.802. The molecule has 0 radical (unpaired) electrons. The topological polar surface area (TPSA) is 45.0 Å². The summed E-state index contributed by atoms with van der Waals surface area (Å²) in [5, 5.41) is 11.7. The van der Waals surface area contributed by atoms with Crippen molar-refractivity contribution in [1.29, 1.82) is 5.26 Å². The molecule has 3 heteroatoms. The van der Waals surface area contributed by atoms with Gasteiger partial charge in [0, 0.05) is 5.69 Å². The maximum Gasteiger partial charge on any atom is 0.119 e. The summed E-state index contributed by atoms with van der Waals surface area (Å²) in [7, 11) is 0. The van der Waals surface area contributed by atoms with Crippen LogP contribution in [0.25, 0.3) is 0 Å². The monoisotopic (exact) mass is 204 g/mol. The second-order valence-corrected chi connectivity index (χ2v) is 3.37. The Bertz CT molecular complexity index is 326. The molecule has 0 aliphatic carbocycles. The van der Waals surface area contributed by atoms with Crippen LogP contribution in [0.3, 0.4) is 0 Å². The molecule has 1 N–H and O–H groups in total. The van der Waals surface area contributed by atoms with Crippen LogP contribution >= 0.6 is 0 Å². The van der Waals surface area contributed by atoms with Gasteiger partial charge < -0.3 is 10.1 Å². The second-order valence-electron chi connectivity index (χ2n) is 3.37. The molecule has 0 saturated carbocycles. The van der Waals surface area contributed by atoms with Crippen molar-refractivity contribution in [3.63, 3.8) is 0 Å². The van der Waals surface area contributed by atoms with Crippen LogP contribution in [-0.4, -0.2) is 12.6 Å². The van der Waals surface area contributed by atoms with Crippen molar-refractivity contribution < 1.29 is 4.74 Å². The number of nitrogens with zero attached hydrogens (tertiary/aromatic N) is 1. The Morgan fingerprint density at radius 1 is 1.40 bits per heavy atom. The molecule has 1 aromatic rings. The summed E-state index contributed by atoms with van der Waals surface area (Å²) in [5.41, 5.74) is 0.938. The molecule has 1 atom stereocenters. The number of benzene rings is 1. The van der Waals surface area contributed by atoms with E-state index in [1.165, 1.54) is 0 Å². The number of rotatable bonds is 5. The third-order valence-electron chi connectivity index (χ3n) is 1.90. The van der Waals surface area contributed by atoms with Gasteiger partial charge in [-0.25, -0.2) is 0 Å². The van der Waals surface area contributed by atoms with Crippen molar-refractivity contribution in [2.45, 2.75) is 26.3 Å². The molecule has 0 aliphatic heterocycles. The van der Waals surface area contributed by atoms with Crippen LogP contribution in [-0.2, 0) is 0 Å². The van der Waals surface area contributed by atoms with Crippen LogP contribution in [0.5, 0.6) is 5.75 Å². The molecule has 0 aliphatic rings. The highest BCUT2D eigenvalue weighted by Crippen LogP contribution is 2.16. The first-order valence-corrected chi connectivity index (χ1v) is 5.15. The van der Waals surface area contributed by atoms with E-state index in [4.69, 9.17) is 10.00 Å². The maximum atomic E-state index is 8.63. The minimum Gasteiger partial charge on any atom is -0.494 e. The van der Waals surface area contributed by atoms with Gasteiger partial charge in [0.2, 0.25) is 0 Å². The Morgan fingerprint density at radius 2 is 2.07 bits per heavy atom. The Morgan fingerprint density at radius 3 is 2.60 bits per heavy atom. The molecule has 3 nitrogen and oxygen atoms in total. The summed E-state index contributed by atoms with van der Waals surface area (Å²) in [4.78, 5) is 0. The molecule has 1 unspecified atom stereocenters. The van der Waals surface area contributed by atoms with Gasteiger partial charge in [0.15, 0.2) is 0 Å². The first kappa shape index (κ1) is 11.4. The van der Waals surface area contributed by atoms with E-state index in [1.807, 2.05) is 31.2 Å². The molecule has 0 heterocycles. The summed E-state index contributed by atoms with van der Waals surface area (Å²) < 4.78 is 5.45. The maximum absolute atomic E-state index is 8.63. The molecule has 0 spiro atoms. The smallest absolute Gasteiger partial charge is 0.119 e. The zero-order valence-electron chi connectivity index (χ0n) is 9.16. The normalized spacial score (nSPS) is 11.5. The number of anilines is 1. The van der Waals surface area contributed by atoms with Crippen molar-refractivity contribution in [3.8, 4) is 11.8 Å². The van der Waals surface area contributed by atoms with E-state index in [2.05, 4.69) is 18.3 Å². The zero-order chi connectivity index (χ0) is 11.1. The molecule has 1 aromatic carbocycles. The molecular formula is C12H16N2O. The molecule has 80 valence electrons. The van der Waals surface area contributed by atoms with E-state index in [1.54, 1.807) is 0 Å². The van der Waals surface area contributed by atoms with Crippen LogP contribution in [0.2, 0.25) is 0 Å². The molecule has 0 fully saturated rings. The predicted octanol–water partition coefficient (Wildman–Crippen LogP) is 2.80. The van der Waals surface area contributed by atoms with E-state index in [9.17, 15) is 0 Å². The first-order chi connectivity index (χ1) is 7.26. The van der Waals surface area contributed by atoms with Gasteiger partial charge in [0.25, 0.3) is 0 Å². The van der Waals surface area contributed by atoms with Crippen LogP contribution in [0.1, 0.15) is 20.3 Å². The van der Waals surface area contributed by atoms with E-state index >= 15 is 0 Å². The predicted molar refractivity (Wildman–Crippen MR) is 60.9 cm³/mol. The fourth-order valence-corrected chi connectivity index (χ4v) is 1.15. The number of nitrogens with one attached hydrogen (secondary N) is 1. The lowest BCUT2D eigenvalue weighted by atomic mass is 10.2. The lowest BCUT2D eigenvalue weighted by Gasteiger charge is -2.09. The van der Waals surface area contributed by atoms with Crippen LogP contribution in [0.15, 0.2) is 24.3 Å². The van der Waals surface area contributed by atoms with Gasteiger partial charge >= 0.3 is 0 Å². The highest BCUT2D eigenvalue weighted by molar-refractivity contribution is 5.47. The summed E-state index contributed by atoms with van der Waals surface area (Å²) in [6, 6.07) is 9.59. The highest BCUT2D eigenvalue weighted by atomic mass is 16.5. The number of nitriles is 1. The Labute approximate surface area is 90.7 Å². The SMILES string of the molecule is CCCOc1ccc(NC(C)C#N)cc1. The van der Waals surface area contributed by atoms with Crippen molar-refractivity contribution in [1.82, 2.24) is 0 Å². The van der Waals surface area contributed by atoms with Crippen LogP contribution in [0.4, 0.5) is 5.69 Å². The van der Waals surface area contributed by atoms with Crippen molar-refractivity contribution in [2.24, 2.45) is 0 Å². The molecule has 1 rings (SSSR count). The van der Waals surface area contributed by atoms with Gasteiger partial charge in [-0.1, -0.05) is 6.92 Å². The number of ether oxygens (including phenoxy) is 1. The van der Waals surface area contributed by atoms with E-state index in [0.29, 0.717) is 0 Å². The van der Waals surface area contributed by atoms with Crippen molar-refractivity contribution >= 4 is 5.69 Å². The third kappa shape index (κ3) is 3.90. The van der Waals surface area contributed by atoms with Gasteiger partial charge in [-0.2, -0.15) is 5.26 Å². The summed E-state index contributed by atoms with van der Waals surface area (Å²) >= 11 is 0. The van der Waals surface area contributed by atoms with Gasteiger partial charge in [-0.15, -0.1) is 0 Å². The second kappa shape index (κ2) is 5.92. The van der Waals surface area contributed by atoms with Gasteiger partial charge in [-0.05, 0) is 37.6 Å². The number of hydrogen-bond donors (Lipinski definition) is 1. The first-order valence-electron chi connectivity index (χ1n) is 5.15.